The summed E-state index contributed by atoms with van der Waals surface area (Å²) in [5.74, 6) is -1.66. The van der Waals surface area contributed by atoms with E-state index in [1.165, 1.54) is 9.80 Å². The van der Waals surface area contributed by atoms with Gasteiger partial charge in [0.2, 0.25) is 12.8 Å². The van der Waals surface area contributed by atoms with Crippen LogP contribution in [0.25, 0.3) is 23.0 Å². The summed E-state index contributed by atoms with van der Waals surface area (Å²) in [7, 11) is 6.75. The summed E-state index contributed by atoms with van der Waals surface area (Å²) < 4.78 is 0. The van der Waals surface area contributed by atoms with Crippen molar-refractivity contribution in [3.63, 3.8) is 0 Å². The molecule has 14 nitrogen and oxygen atoms in total. The Bertz CT molecular complexity index is 984. The van der Waals surface area contributed by atoms with Crippen LogP contribution in [0.1, 0.15) is 13.8 Å². The summed E-state index contributed by atoms with van der Waals surface area (Å²) >= 11 is 0. The molecule has 0 saturated heterocycles. The summed E-state index contributed by atoms with van der Waals surface area (Å²) in [6.07, 6.45) is 4.73. The molecule has 0 spiro atoms. The molecule has 204 valence electrons. The molecule has 0 aromatic carbocycles. The van der Waals surface area contributed by atoms with Gasteiger partial charge in [0.1, 0.15) is 11.4 Å². The van der Waals surface area contributed by atoms with E-state index < -0.39 is 17.9 Å². The number of carbonyl (C=O) groups is 4. The van der Waals surface area contributed by atoms with Gasteiger partial charge in [-0.1, -0.05) is 12.1 Å². The van der Waals surface area contributed by atoms with Gasteiger partial charge in [0.05, 0.1) is 6.01 Å². The van der Waals surface area contributed by atoms with Gasteiger partial charge in [-0.15, -0.1) is 0 Å². The third-order valence-corrected chi connectivity index (χ3v) is 2.82. The number of carboxylic acid groups (broad SMARTS) is 2. The Morgan fingerprint density at radius 3 is 1.21 bits per heavy atom. The van der Waals surface area contributed by atoms with E-state index in [1.54, 1.807) is 77.0 Å². The fourth-order valence-corrected chi connectivity index (χ4v) is 1.58. The van der Waals surface area contributed by atoms with Crippen LogP contribution >= 0.6 is 0 Å². The molecule has 2 amide bonds. The number of aliphatic carboxylic acids is 2. The maximum Gasteiger partial charge on any atom is 3.00 e. The quantitative estimate of drug-likeness (QED) is 0.277. The van der Waals surface area contributed by atoms with E-state index in [9.17, 15) is 14.7 Å². The van der Waals surface area contributed by atoms with Crippen molar-refractivity contribution in [2.75, 3.05) is 28.2 Å². The van der Waals surface area contributed by atoms with E-state index in [2.05, 4.69) is 24.9 Å². The summed E-state index contributed by atoms with van der Waals surface area (Å²) in [4.78, 5) is 59.5. The minimum Gasteiger partial charge on any atom is -0.844 e. The number of carboxylic acids is 2. The maximum absolute atomic E-state index is 11.5. The average Bonchev–Trinajstić information content (AvgIpc) is 2.85. The first-order valence-corrected chi connectivity index (χ1v) is 10.2. The number of amides is 2. The molecule has 0 N–H and O–H groups in total. The molecule has 0 bridgehead atoms. The van der Waals surface area contributed by atoms with Gasteiger partial charge in [-0.05, 0) is 38.1 Å². The van der Waals surface area contributed by atoms with Gasteiger partial charge < -0.3 is 34.7 Å². The summed E-state index contributed by atoms with van der Waals surface area (Å²) in [5.41, 5.74) is 1.05. The Labute approximate surface area is 261 Å². The fraction of sp³-hybridized carbons (Fsp3) is 0.261. The first kappa shape index (κ1) is 39.1. The van der Waals surface area contributed by atoms with Gasteiger partial charge in [0.15, 0.2) is 11.6 Å². The zero-order valence-corrected chi connectivity index (χ0v) is 24.1. The molecule has 3 rings (SSSR count). The number of carbonyl (C=O) groups excluding carboxylic acids is 4. The van der Waals surface area contributed by atoms with Crippen LogP contribution in [0.4, 0.5) is 0 Å². The van der Waals surface area contributed by atoms with Gasteiger partial charge >= 0.3 is 49.4 Å². The van der Waals surface area contributed by atoms with Crippen LogP contribution in [0.3, 0.4) is 0 Å². The van der Waals surface area contributed by atoms with E-state index in [0.717, 1.165) is 26.7 Å². The largest absolute Gasteiger partial charge is 3.00 e. The number of nitrogens with zero attached hydrogens (tertiary/aromatic N) is 7. The molecule has 0 radical (unpaired) electrons. The van der Waals surface area contributed by atoms with Crippen LogP contribution in [-0.4, -0.2) is 87.7 Å². The van der Waals surface area contributed by atoms with Gasteiger partial charge in [-0.2, -0.15) is 0 Å². The SMILES string of the molecule is CC(=O)[O-].CC(=O)[O-].CN(C)C=O.CN(C)C=O.[Eu+3].[O-]c1nc(-c2ccccn2)nc(-c2ccccn2)n1. The van der Waals surface area contributed by atoms with Crippen LogP contribution < -0.4 is 15.3 Å². The molecule has 0 unspecified atom stereocenters. The summed E-state index contributed by atoms with van der Waals surface area (Å²) in [5, 5.41) is 29.3. The molecule has 3 aromatic rings. The third kappa shape index (κ3) is 24.3. The molecular formula is C23H28EuN7O7. The molecule has 0 fully saturated rings. The summed E-state index contributed by atoms with van der Waals surface area (Å²) in [6.45, 7) is 1.94. The average molecular weight is 666 g/mol. The molecule has 15 heteroatoms. The van der Waals surface area contributed by atoms with Crippen LogP contribution in [0.5, 0.6) is 6.01 Å². The number of aromatic nitrogens is 5. The van der Waals surface area contributed by atoms with Crippen molar-refractivity contribution >= 4 is 24.8 Å². The van der Waals surface area contributed by atoms with Crippen molar-refractivity contribution in [1.82, 2.24) is 34.7 Å². The van der Waals surface area contributed by atoms with Crippen LogP contribution in [0, 0.1) is 49.4 Å². The van der Waals surface area contributed by atoms with Gasteiger partial charge in [-0.25, -0.2) is 15.0 Å². The molecule has 0 aliphatic rings. The van der Waals surface area contributed by atoms with Crippen molar-refractivity contribution in [3.8, 4) is 29.0 Å². The third-order valence-electron chi connectivity index (χ3n) is 2.82. The normalized spacial score (nSPS) is 8.26. The van der Waals surface area contributed by atoms with E-state index in [-0.39, 0.29) is 61.0 Å². The molecule has 0 saturated carbocycles. The fourth-order valence-electron chi connectivity index (χ4n) is 1.58. The molecular weight excluding hydrogens is 638 g/mol. The standard InChI is InChI=1S/C13H9N5O.2C3H7NO.2C2H4O2.Eu/c19-13-17-11(9-5-1-3-7-14-9)16-12(18-13)10-6-2-4-8-15-10;2*1-4(2)3-5;2*1-2(3)4;/h1-8H,(H,16,17,18,19);2*3H,1-2H3;2*1H3,(H,3,4);/q;;;;;+3/p-3. The Balaban J connectivity index is -0.000000533. The second kappa shape index (κ2) is 23.9. The van der Waals surface area contributed by atoms with Gasteiger partial charge in [-0.3, -0.25) is 19.6 Å². The number of hydrogen-bond acceptors (Lipinski definition) is 12. The minimum absolute atomic E-state index is 0. The van der Waals surface area contributed by atoms with E-state index >= 15 is 0 Å². The maximum atomic E-state index is 11.5. The Morgan fingerprint density at radius 2 is 1.00 bits per heavy atom. The van der Waals surface area contributed by atoms with Crippen LogP contribution in [0.15, 0.2) is 48.8 Å². The van der Waals surface area contributed by atoms with Crippen molar-refractivity contribution in [3.05, 3.63) is 48.8 Å². The topological polar surface area (TPSA) is 208 Å². The Kier molecular flexibility index (Phi) is 24.6. The second-order valence-electron chi connectivity index (χ2n) is 6.82. The number of hydrogen-bond donors (Lipinski definition) is 0. The monoisotopic (exact) mass is 667 g/mol. The zero-order valence-electron chi connectivity index (χ0n) is 21.6. The van der Waals surface area contributed by atoms with Crippen molar-refractivity contribution < 1.29 is 83.9 Å². The van der Waals surface area contributed by atoms with Gasteiger partial charge in [0.25, 0.3) is 0 Å². The molecule has 38 heavy (non-hydrogen) atoms. The number of rotatable bonds is 4. The first-order chi connectivity index (χ1) is 17.3. The smallest absolute Gasteiger partial charge is 0.844 e. The van der Waals surface area contributed by atoms with Gasteiger partial charge in [0, 0.05) is 52.5 Å². The van der Waals surface area contributed by atoms with E-state index in [0.29, 0.717) is 11.4 Å². The summed E-state index contributed by atoms with van der Waals surface area (Å²) in [6, 6.07) is 10.0. The van der Waals surface area contributed by atoms with E-state index in [1.807, 2.05) is 0 Å². The number of pyridine rings is 2. The van der Waals surface area contributed by atoms with Crippen LogP contribution in [0.2, 0.25) is 0 Å². The van der Waals surface area contributed by atoms with Crippen LogP contribution in [-0.2, 0) is 19.2 Å². The van der Waals surface area contributed by atoms with Crippen molar-refractivity contribution in [2.45, 2.75) is 13.8 Å². The molecule has 0 aliphatic heterocycles. The first-order valence-electron chi connectivity index (χ1n) is 10.2. The van der Waals surface area contributed by atoms with E-state index in [4.69, 9.17) is 19.8 Å². The zero-order chi connectivity index (χ0) is 28.8. The van der Waals surface area contributed by atoms with Crippen molar-refractivity contribution in [2.24, 2.45) is 0 Å². The minimum atomic E-state index is -1.08. The van der Waals surface area contributed by atoms with Crippen molar-refractivity contribution in [1.29, 1.82) is 0 Å². The second-order valence-corrected chi connectivity index (χ2v) is 6.82. The molecule has 0 aliphatic carbocycles. The Morgan fingerprint density at radius 1 is 0.711 bits per heavy atom. The molecule has 0 atom stereocenters. The predicted molar refractivity (Wildman–Crippen MR) is 127 cm³/mol. The molecule has 3 heterocycles. The molecule has 3 aromatic heterocycles. The Hall–Kier alpha value is -3.43. The predicted octanol–water partition coefficient (Wildman–Crippen LogP) is -2.01.